The number of carbonyl (C=O) groups excluding carboxylic acids is 1. The van der Waals surface area contributed by atoms with E-state index in [0.29, 0.717) is 18.7 Å². The van der Waals surface area contributed by atoms with Gasteiger partial charge in [-0.25, -0.2) is 23.1 Å². The number of hydrogen-bond acceptors (Lipinski definition) is 8. The summed E-state index contributed by atoms with van der Waals surface area (Å²) in [5.41, 5.74) is 2.77. The van der Waals surface area contributed by atoms with Gasteiger partial charge in [-0.3, -0.25) is 4.79 Å². The lowest BCUT2D eigenvalue weighted by molar-refractivity contribution is -0.201. The molecule has 176 valence electrons. The van der Waals surface area contributed by atoms with E-state index in [9.17, 15) is 17.6 Å². The molecule has 1 aliphatic heterocycles. The smallest absolute Gasteiger partial charge is 0.264 e. The highest BCUT2D eigenvalue weighted by Crippen LogP contribution is 2.30. The van der Waals surface area contributed by atoms with Crippen molar-refractivity contribution in [3.8, 4) is 17.1 Å². The first-order valence-corrected chi connectivity index (χ1v) is 12.1. The van der Waals surface area contributed by atoms with E-state index in [0.717, 1.165) is 19.1 Å². The predicted molar refractivity (Wildman–Crippen MR) is 113 cm³/mol. The number of sulfone groups is 1. The molecule has 1 fully saturated rings. The molecule has 0 bridgehead atoms. The Bertz CT molecular complexity index is 1050. The van der Waals surface area contributed by atoms with Gasteiger partial charge in [0.05, 0.1) is 18.4 Å². The lowest BCUT2D eigenvalue weighted by Crippen LogP contribution is -2.51. The fourth-order valence-electron chi connectivity index (χ4n) is 3.28. The van der Waals surface area contributed by atoms with Gasteiger partial charge in [-0.05, 0) is 44.7 Å². The van der Waals surface area contributed by atoms with Crippen LogP contribution in [0.25, 0.3) is 11.3 Å². The highest BCUT2D eigenvalue weighted by Gasteiger charge is 2.44. The molecule has 1 unspecified atom stereocenters. The zero-order chi connectivity index (χ0) is 23.4. The molecule has 1 aromatic heterocycles. The van der Waals surface area contributed by atoms with Crippen LogP contribution in [-0.2, 0) is 30.6 Å². The van der Waals surface area contributed by atoms with E-state index in [4.69, 9.17) is 18.8 Å². The summed E-state index contributed by atoms with van der Waals surface area (Å²) in [6, 6.07) is 6.11. The monoisotopic (exact) mass is 470 g/mol. The molecular formula is C21H27FN2O7S. The minimum atomic E-state index is -3.82. The van der Waals surface area contributed by atoms with Crippen LogP contribution in [0.15, 0.2) is 28.8 Å². The number of nitrogens with zero attached hydrogens (tertiary/aromatic N) is 1. The molecule has 32 heavy (non-hydrogen) atoms. The van der Waals surface area contributed by atoms with Crippen molar-refractivity contribution in [1.29, 1.82) is 0 Å². The maximum absolute atomic E-state index is 14.5. The van der Waals surface area contributed by atoms with Gasteiger partial charge in [0.1, 0.15) is 4.75 Å². The number of ether oxygens (including phenoxy) is 2. The standard InChI is InChI=1S/C21H27FN2O7S/c1-21(32(3,26)27,20(25)24-31-18-9-4-5-12-29-18)11-10-14-13-17(30-23-14)15-7-6-8-16(28-2)19(15)22/h6-8,13,18H,4-5,9-12H2,1-3H3,(H,24,25)/t18?,21-/m1/s1. The van der Waals surface area contributed by atoms with Crippen LogP contribution in [0.5, 0.6) is 5.75 Å². The number of amides is 1. The largest absolute Gasteiger partial charge is 0.494 e. The van der Waals surface area contributed by atoms with Crippen molar-refractivity contribution in [3.63, 3.8) is 0 Å². The quantitative estimate of drug-likeness (QED) is 0.556. The van der Waals surface area contributed by atoms with Crippen LogP contribution >= 0.6 is 0 Å². The van der Waals surface area contributed by atoms with E-state index in [1.54, 1.807) is 6.07 Å². The van der Waals surface area contributed by atoms with Crippen molar-refractivity contribution in [2.75, 3.05) is 20.0 Å². The third kappa shape index (κ3) is 5.28. The molecular weight excluding hydrogens is 443 g/mol. The topological polar surface area (TPSA) is 117 Å². The summed E-state index contributed by atoms with van der Waals surface area (Å²) in [5, 5.41) is 3.89. The molecule has 2 aromatic rings. The molecule has 0 saturated carbocycles. The van der Waals surface area contributed by atoms with Crippen LogP contribution in [0.1, 0.15) is 38.3 Å². The number of halogens is 1. The second-order valence-electron chi connectivity index (χ2n) is 7.85. The number of benzene rings is 1. The third-order valence-corrected chi connectivity index (χ3v) is 7.61. The lowest BCUT2D eigenvalue weighted by Gasteiger charge is -2.28. The summed E-state index contributed by atoms with van der Waals surface area (Å²) in [6.07, 6.45) is 2.82. The second kappa shape index (κ2) is 9.97. The zero-order valence-electron chi connectivity index (χ0n) is 18.2. The van der Waals surface area contributed by atoms with Crippen molar-refractivity contribution < 1.29 is 36.4 Å². The summed E-state index contributed by atoms with van der Waals surface area (Å²) in [5.74, 6) is -1.17. The van der Waals surface area contributed by atoms with Gasteiger partial charge in [0.15, 0.2) is 33.5 Å². The number of methoxy groups -OCH3 is 1. The summed E-state index contributed by atoms with van der Waals surface area (Å²) < 4.78 is 53.2. The lowest BCUT2D eigenvalue weighted by atomic mass is 10.0. The maximum Gasteiger partial charge on any atom is 0.264 e. The third-order valence-electron chi connectivity index (χ3n) is 5.59. The number of aromatic nitrogens is 1. The average molecular weight is 471 g/mol. The van der Waals surface area contributed by atoms with E-state index in [1.807, 2.05) is 0 Å². The second-order valence-corrected chi connectivity index (χ2v) is 10.3. The van der Waals surface area contributed by atoms with Crippen molar-refractivity contribution >= 4 is 15.7 Å². The highest BCUT2D eigenvalue weighted by atomic mass is 32.2. The van der Waals surface area contributed by atoms with E-state index < -0.39 is 32.6 Å². The van der Waals surface area contributed by atoms with Crippen LogP contribution in [0, 0.1) is 5.82 Å². The Balaban J connectivity index is 1.70. The molecule has 1 saturated heterocycles. The van der Waals surface area contributed by atoms with Crippen molar-refractivity contribution in [2.45, 2.75) is 50.1 Å². The van der Waals surface area contributed by atoms with Gasteiger partial charge in [-0.2, -0.15) is 0 Å². The SMILES string of the molecule is COc1cccc(-c2cc(CC[C@](C)(C(=O)NOC3CCCCO3)S(C)(=O)=O)no2)c1F. The zero-order valence-corrected chi connectivity index (χ0v) is 19.0. The van der Waals surface area contributed by atoms with Crippen LogP contribution in [0.4, 0.5) is 4.39 Å². The molecule has 1 amide bonds. The Kier molecular flexibility index (Phi) is 7.52. The highest BCUT2D eigenvalue weighted by molar-refractivity contribution is 7.92. The minimum Gasteiger partial charge on any atom is -0.494 e. The number of hydroxylamine groups is 1. The summed E-state index contributed by atoms with van der Waals surface area (Å²) >= 11 is 0. The van der Waals surface area contributed by atoms with E-state index in [2.05, 4.69) is 10.6 Å². The van der Waals surface area contributed by atoms with Gasteiger partial charge < -0.3 is 14.0 Å². The van der Waals surface area contributed by atoms with Gasteiger partial charge in [-0.15, -0.1) is 0 Å². The molecule has 0 radical (unpaired) electrons. The van der Waals surface area contributed by atoms with Crippen molar-refractivity contribution in [3.05, 3.63) is 35.8 Å². The molecule has 1 aromatic carbocycles. The number of hydrogen-bond donors (Lipinski definition) is 1. The van der Waals surface area contributed by atoms with Gasteiger partial charge in [0.25, 0.3) is 5.91 Å². The van der Waals surface area contributed by atoms with Crippen LogP contribution < -0.4 is 10.2 Å². The first-order chi connectivity index (χ1) is 15.2. The number of carbonyl (C=O) groups is 1. The van der Waals surface area contributed by atoms with Crippen molar-refractivity contribution in [2.24, 2.45) is 0 Å². The normalized spacial score (nSPS) is 18.7. The van der Waals surface area contributed by atoms with E-state index in [1.165, 1.54) is 32.2 Å². The molecule has 1 aliphatic rings. The molecule has 0 aliphatic carbocycles. The summed E-state index contributed by atoms with van der Waals surface area (Å²) in [4.78, 5) is 18.0. The molecule has 3 rings (SSSR count). The molecule has 11 heteroatoms. The number of nitrogens with one attached hydrogen (secondary N) is 1. The number of rotatable bonds is 9. The van der Waals surface area contributed by atoms with Crippen molar-refractivity contribution in [1.82, 2.24) is 10.6 Å². The maximum atomic E-state index is 14.5. The fourth-order valence-corrected chi connectivity index (χ4v) is 4.13. The van der Waals surface area contributed by atoms with Crippen LogP contribution in [-0.4, -0.2) is 50.5 Å². The Labute approximate surface area is 186 Å². The van der Waals surface area contributed by atoms with Gasteiger partial charge in [0, 0.05) is 25.3 Å². The molecule has 0 spiro atoms. The average Bonchev–Trinajstić information content (AvgIpc) is 3.24. The fraction of sp³-hybridized carbons (Fsp3) is 0.524. The Hall–Kier alpha value is -2.50. The minimum absolute atomic E-state index is 0.0590. The predicted octanol–water partition coefficient (Wildman–Crippen LogP) is 2.80. The summed E-state index contributed by atoms with van der Waals surface area (Å²) in [6.45, 7) is 1.84. The first-order valence-electron chi connectivity index (χ1n) is 10.2. The van der Waals surface area contributed by atoms with Gasteiger partial charge >= 0.3 is 0 Å². The first kappa shape index (κ1) is 24.1. The number of aryl methyl sites for hydroxylation is 1. The molecule has 1 N–H and O–H groups in total. The van der Waals surface area contributed by atoms with Gasteiger partial charge in [0.2, 0.25) is 0 Å². The van der Waals surface area contributed by atoms with Gasteiger partial charge in [-0.1, -0.05) is 11.2 Å². The Morgan fingerprint density at radius 2 is 2.16 bits per heavy atom. The molecule has 9 nitrogen and oxygen atoms in total. The molecule has 2 atom stereocenters. The van der Waals surface area contributed by atoms with Crippen LogP contribution in [0.3, 0.4) is 0 Å². The Morgan fingerprint density at radius 3 is 2.81 bits per heavy atom. The summed E-state index contributed by atoms with van der Waals surface area (Å²) in [7, 11) is -2.46. The van der Waals surface area contributed by atoms with Crippen LogP contribution in [0.2, 0.25) is 0 Å². The van der Waals surface area contributed by atoms with E-state index in [-0.39, 0.29) is 29.9 Å². The Morgan fingerprint density at radius 1 is 1.38 bits per heavy atom. The molecule has 2 heterocycles. The van der Waals surface area contributed by atoms with E-state index >= 15 is 0 Å².